The summed E-state index contributed by atoms with van der Waals surface area (Å²) in [6.07, 6.45) is 3.64. The van der Waals surface area contributed by atoms with E-state index in [4.69, 9.17) is 5.64 Å². The Kier molecular flexibility index (Phi) is 5.18. The largest absolute Gasteiger partial charge is 0.374 e. The van der Waals surface area contributed by atoms with E-state index in [-0.39, 0.29) is 0 Å². The molecule has 0 aliphatic heterocycles. The lowest BCUT2D eigenvalue weighted by atomic mass is 9.81. The van der Waals surface area contributed by atoms with Crippen molar-refractivity contribution in [3.05, 3.63) is 0 Å². The average Bonchev–Trinajstić information content (AvgIpc) is 1.68. The third kappa shape index (κ3) is 4.19. The lowest BCUT2D eigenvalue weighted by Gasteiger charge is -2.04. The minimum Gasteiger partial charge on any atom is -0.374 e. The van der Waals surface area contributed by atoms with Crippen LogP contribution in [0, 0.1) is 5.92 Å². The van der Waals surface area contributed by atoms with Crippen molar-refractivity contribution in [3.8, 4) is 0 Å². The second kappa shape index (κ2) is 5.17. The van der Waals surface area contributed by atoms with Crippen LogP contribution in [0.2, 0.25) is 6.32 Å². The summed E-state index contributed by atoms with van der Waals surface area (Å²) in [4.78, 5) is 0. The summed E-state index contributed by atoms with van der Waals surface area (Å²) in [7, 11) is 1.75. The molecular weight excluding hydrogens is 96.9 g/mol. The zero-order valence-electron chi connectivity index (χ0n) is 5.85. The molecule has 2 N–H and O–H groups in total. The van der Waals surface area contributed by atoms with Crippen molar-refractivity contribution in [1.29, 1.82) is 0 Å². The lowest BCUT2D eigenvalue weighted by molar-refractivity contribution is 0.573. The van der Waals surface area contributed by atoms with Crippen LogP contribution in [0.1, 0.15) is 26.7 Å². The van der Waals surface area contributed by atoms with Crippen molar-refractivity contribution in [1.82, 2.24) is 0 Å². The molecule has 0 spiro atoms. The summed E-state index contributed by atoms with van der Waals surface area (Å²) < 4.78 is 0. The van der Waals surface area contributed by atoms with Gasteiger partial charge in [0.1, 0.15) is 0 Å². The Morgan fingerprint density at radius 2 is 2.25 bits per heavy atom. The zero-order valence-corrected chi connectivity index (χ0v) is 5.85. The number of hydrogen-bond donors (Lipinski definition) is 1. The summed E-state index contributed by atoms with van der Waals surface area (Å²) in [6, 6.07) is 0. The van der Waals surface area contributed by atoms with Crippen LogP contribution < -0.4 is 5.64 Å². The lowest BCUT2D eigenvalue weighted by Crippen LogP contribution is -2.08. The maximum Gasteiger partial charge on any atom is 0.202 e. The van der Waals surface area contributed by atoms with Gasteiger partial charge >= 0.3 is 0 Å². The van der Waals surface area contributed by atoms with E-state index >= 15 is 0 Å². The molecule has 0 aliphatic rings. The van der Waals surface area contributed by atoms with Gasteiger partial charge in [-0.2, -0.15) is 0 Å². The monoisotopic (exact) mass is 112 g/mol. The molecule has 0 fully saturated rings. The van der Waals surface area contributed by atoms with Crippen LogP contribution in [0.15, 0.2) is 0 Å². The fourth-order valence-corrected chi connectivity index (χ4v) is 0.843. The standard InChI is InChI=1S/C6H15BN/c1-3-4-6(2)5-7-8/h6H,3-5,8H2,1-2H3. The highest BCUT2D eigenvalue weighted by atomic mass is 14.4. The highest BCUT2D eigenvalue weighted by Gasteiger charge is 1.97. The van der Waals surface area contributed by atoms with Crippen LogP contribution in [0.25, 0.3) is 0 Å². The molecule has 0 saturated carbocycles. The first-order valence-electron chi connectivity index (χ1n) is 3.34. The van der Waals surface area contributed by atoms with Crippen LogP contribution in [0.5, 0.6) is 0 Å². The fourth-order valence-electron chi connectivity index (χ4n) is 0.843. The van der Waals surface area contributed by atoms with Crippen LogP contribution in [-0.2, 0) is 0 Å². The van der Waals surface area contributed by atoms with E-state index in [0.29, 0.717) is 0 Å². The predicted octanol–water partition coefficient (Wildman–Crippen LogP) is 1.42. The minimum atomic E-state index is 0.782. The first kappa shape index (κ1) is 8.02. The summed E-state index contributed by atoms with van der Waals surface area (Å²) >= 11 is 0. The molecule has 0 saturated heterocycles. The van der Waals surface area contributed by atoms with Gasteiger partial charge in [0.05, 0.1) is 0 Å². The van der Waals surface area contributed by atoms with Crippen molar-refractivity contribution in [2.75, 3.05) is 0 Å². The van der Waals surface area contributed by atoms with E-state index < -0.39 is 0 Å². The predicted molar refractivity (Wildman–Crippen MR) is 38.8 cm³/mol. The molecule has 2 heteroatoms. The molecule has 0 aromatic heterocycles. The van der Waals surface area contributed by atoms with Gasteiger partial charge in [-0.1, -0.05) is 33.0 Å². The molecular formula is C6H15BN. The fraction of sp³-hybridized carbons (Fsp3) is 1.00. The molecule has 8 heavy (non-hydrogen) atoms. The van der Waals surface area contributed by atoms with Gasteiger partial charge in [0.2, 0.25) is 7.41 Å². The van der Waals surface area contributed by atoms with E-state index in [2.05, 4.69) is 13.8 Å². The summed E-state index contributed by atoms with van der Waals surface area (Å²) in [5, 5.41) is 0. The molecule has 1 nitrogen and oxygen atoms in total. The molecule has 0 aliphatic carbocycles. The summed E-state index contributed by atoms with van der Waals surface area (Å²) in [5.74, 6) is 0.782. The second-order valence-electron chi connectivity index (χ2n) is 2.37. The average molecular weight is 112 g/mol. The third-order valence-electron chi connectivity index (χ3n) is 1.32. The highest BCUT2D eigenvalue weighted by Crippen LogP contribution is 2.07. The van der Waals surface area contributed by atoms with Crippen molar-refractivity contribution >= 4 is 7.41 Å². The Morgan fingerprint density at radius 3 is 2.62 bits per heavy atom. The van der Waals surface area contributed by atoms with E-state index in [1.165, 1.54) is 12.8 Å². The second-order valence-corrected chi connectivity index (χ2v) is 2.37. The first-order valence-corrected chi connectivity index (χ1v) is 3.34. The molecule has 0 aromatic carbocycles. The quantitative estimate of drug-likeness (QED) is 0.546. The van der Waals surface area contributed by atoms with Crippen LogP contribution >= 0.6 is 0 Å². The molecule has 1 unspecified atom stereocenters. The SMILES string of the molecule is CCCC(C)C[B]N. The topological polar surface area (TPSA) is 26.0 Å². The Hall–Kier alpha value is 0.0249. The van der Waals surface area contributed by atoms with Gasteiger partial charge in [-0.3, -0.25) is 0 Å². The molecule has 1 radical (unpaired) electrons. The van der Waals surface area contributed by atoms with Gasteiger partial charge in [0.25, 0.3) is 0 Å². The van der Waals surface area contributed by atoms with Crippen LogP contribution in [0.3, 0.4) is 0 Å². The molecule has 0 heterocycles. The Morgan fingerprint density at radius 1 is 1.62 bits per heavy atom. The van der Waals surface area contributed by atoms with Crippen molar-refractivity contribution in [3.63, 3.8) is 0 Å². The van der Waals surface area contributed by atoms with Gasteiger partial charge in [0.15, 0.2) is 0 Å². The van der Waals surface area contributed by atoms with Crippen LogP contribution in [0.4, 0.5) is 0 Å². The molecule has 0 bridgehead atoms. The highest BCUT2D eigenvalue weighted by molar-refractivity contribution is 6.30. The van der Waals surface area contributed by atoms with Gasteiger partial charge < -0.3 is 5.64 Å². The third-order valence-corrected chi connectivity index (χ3v) is 1.32. The van der Waals surface area contributed by atoms with E-state index in [1.807, 2.05) is 0 Å². The number of nitrogens with two attached hydrogens (primary N) is 1. The number of hydrogen-bond acceptors (Lipinski definition) is 1. The molecule has 0 rings (SSSR count). The van der Waals surface area contributed by atoms with Crippen molar-refractivity contribution in [2.45, 2.75) is 33.0 Å². The summed E-state index contributed by atoms with van der Waals surface area (Å²) in [6.45, 7) is 4.43. The maximum absolute atomic E-state index is 5.23. The zero-order chi connectivity index (χ0) is 6.41. The maximum atomic E-state index is 5.23. The van der Waals surface area contributed by atoms with Gasteiger partial charge in [-0.15, -0.1) is 0 Å². The Bertz CT molecular complexity index is 41.8. The van der Waals surface area contributed by atoms with Crippen molar-refractivity contribution in [2.24, 2.45) is 11.6 Å². The molecule has 0 aromatic rings. The first-order chi connectivity index (χ1) is 3.81. The Labute approximate surface area is 52.9 Å². The smallest absolute Gasteiger partial charge is 0.202 e. The molecule has 1 atom stereocenters. The normalized spacial score (nSPS) is 13.4. The van der Waals surface area contributed by atoms with Gasteiger partial charge in [0, 0.05) is 0 Å². The molecule has 0 amide bonds. The molecule has 47 valence electrons. The number of rotatable bonds is 4. The summed E-state index contributed by atoms with van der Waals surface area (Å²) in [5.41, 5.74) is 5.23. The van der Waals surface area contributed by atoms with E-state index in [1.54, 1.807) is 7.41 Å². The van der Waals surface area contributed by atoms with Crippen LogP contribution in [-0.4, -0.2) is 7.41 Å². The van der Waals surface area contributed by atoms with E-state index in [0.717, 1.165) is 12.2 Å². The Balaban J connectivity index is 2.92. The van der Waals surface area contributed by atoms with E-state index in [9.17, 15) is 0 Å². The minimum absolute atomic E-state index is 0.782. The van der Waals surface area contributed by atoms with Gasteiger partial charge in [-0.05, 0) is 5.92 Å². The van der Waals surface area contributed by atoms with Gasteiger partial charge in [-0.25, -0.2) is 0 Å². The van der Waals surface area contributed by atoms with Crippen molar-refractivity contribution < 1.29 is 0 Å².